The van der Waals surface area contributed by atoms with Crippen LogP contribution in [0, 0.1) is 0 Å². The van der Waals surface area contributed by atoms with Gasteiger partial charge in [-0.15, -0.1) is 11.8 Å². The number of benzene rings is 2. The van der Waals surface area contributed by atoms with Crippen molar-refractivity contribution >= 4 is 11.8 Å². The molecule has 0 N–H and O–H groups in total. The maximum atomic E-state index is 4.14. The molecule has 21 heavy (non-hydrogen) atoms. The molecular weight excluding hydrogens is 276 g/mol. The highest BCUT2D eigenvalue weighted by Gasteiger charge is 2.08. The van der Waals surface area contributed by atoms with Crippen LogP contribution < -0.4 is 0 Å². The Hall–Kier alpha value is -2.00. The lowest BCUT2D eigenvalue weighted by atomic mass is 10.2. The monoisotopic (exact) mass is 294 g/mol. The molecule has 0 aliphatic rings. The van der Waals surface area contributed by atoms with Crippen LogP contribution >= 0.6 is 11.8 Å². The van der Waals surface area contributed by atoms with Crippen molar-refractivity contribution in [1.82, 2.24) is 9.55 Å². The molecule has 0 amide bonds. The summed E-state index contributed by atoms with van der Waals surface area (Å²) in [4.78, 5) is 4.14. The second-order valence-corrected chi connectivity index (χ2v) is 6.29. The number of rotatable bonds is 5. The van der Waals surface area contributed by atoms with Crippen LogP contribution in [0.2, 0.25) is 0 Å². The first-order valence-corrected chi connectivity index (χ1v) is 8.12. The number of aromatic nitrogens is 2. The van der Waals surface area contributed by atoms with Gasteiger partial charge in [0.05, 0.1) is 12.0 Å². The molecule has 2 nitrogen and oxygen atoms in total. The second kappa shape index (κ2) is 6.64. The first-order chi connectivity index (χ1) is 10.3. The number of hydrogen-bond donors (Lipinski definition) is 0. The topological polar surface area (TPSA) is 17.8 Å². The Labute approximate surface area is 129 Å². The van der Waals surface area contributed by atoms with Crippen LogP contribution in [0.25, 0.3) is 5.69 Å². The van der Waals surface area contributed by atoms with E-state index < -0.39 is 0 Å². The zero-order valence-corrected chi connectivity index (χ0v) is 12.8. The molecule has 1 unspecified atom stereocenters. The quantitative estimate of drug-likeness (QED) is 0.668. The largest absolute Gasteiger partial charge is 0.306 e. The Kier molecular flexibility index (Phi) is 4.41. The van der Waals surface area contributed by atoms with E-state index in [0.717, 1.165) is 5.75 Å². The van der Waals surface area contributed by atoms with E-state index in [1.807, 2.05) is 30.5 Å². The van der Waals surface area contributed by atoms with Crippen LogP contribution in [0.5, 0.6) is 0 Å². The Morgan fingerprint density at radius 1 is 1.05 bits per heavy atom. The third kappa shape index (κ3) is 3.37. The molecule has 106 valence electrons. The minimum absolute atomic E-state index is 0.488. The maximum Gasteiger partial charge on any atom is 0.0991 e. The van der Waals surface area contributed by atoms with Gasteiger partial charge >= 0.3 is 0 Å². The van der Waals surface area contributed by atoms with Gasteiger partial charge < -0.3 is 4.57 Å². The first kappa shape index (κ1) is 14.0. The Balaban J connectivity index is 1.74. The van der Waals surface area contributed by atoms with E-state index in [-0.39, 0.29) is 0 Å². The van der Waals surface area contributed by atoms with E-state index >= 15 is 0 Å². The standard InChI is InChI=1S/C18H18N2S/c1-15(16-7-3-2-4-8-16)21-13-17-9-5-6-10-18(17)20-12-11-19-14-20/h2-12,14-15H,13H2,1H3. The van der Waals surface area contributed by atoms with Crippen LogP contribution in [-0.2, 0) is 5.75 Å². The van der Waals surface area contributed by atoms with Crippen molar-refractivity contribution in [1.29, 1.82) is 0 Å². The predicted octanol–water partition coefficient (Wildman–Crippen LogP) is 4.87. The number of hydrogen-bond acceptors (Lipinski definition) is 2. The molecule has 0 saturated carbocycles. The third-order valence-corrected chi connectivity index (χ3v) is 4.78. The fourth-order valence-electron chi connectivity index (χ4n) is 2.32. The zero-order valence-electron chi connectivity index (χ0n) is 12.0. The lowest BCUT2D eigenvalue weighted by molar-refractivity contribution is 1.03. The summed E-state index contributed by atoms with van der Waals surface area (Å²) in [6.07, 6.45) is 5.66. The van der Waals surface area contributed by atoms with E-state index in [4.69, 9.17) is 0 Å². The van der Waals surface area contributed by atoms with Gasteiger partial charge in [-0.3, -0.25) is 0 Å². The molecule has 3 heteroatoms. The molecule has 0 saturated heterocycles. The minimum Gasteiger partial charge on any atom is -0.306 e. The van der Waals surface area contributed by atoms with Crippen LogP contribution in [0.4, 0.5) is 0 Å². The van der Waals surface area contributed by atoms with Crippen molar-refractivity contribution in [2.45, 2.75) is 17.9 Å². The zero-order chi connectivity index (χ0) is 14.5. The van der Waals surface area contributed by atoms with E-state index in [0.29, 0.717) is 5.25 Å². The van der Waals surface area contributed by atoms with Gasteiger partial charge in [-0.2, -0.15) is 0 Å². The van der Waals surface area contributed by atoms with Crippen LogP contribution in [-0.4, -0.2) is 9.55 Å². The van der Waals surface area contributed by atoms with Gasteiger partial charge in [0.25, 0.3) is 0 Å². The summed E-state index contributed by atoms with van der Waals surface area (Å²) in [6, 6.07) is 19.2. The highest BCUT2D eigenvalue weighted by molar-refractivity contribution is 7.98. The number of nitrogens with zero attached hydrogens (tertiary/aromatic N) is 2. The van der Waals surface area contributed by atoms with Gasteiger partial charge in [-0.25, -0.2) is 4.98 Å². The molecule has 0 radical (unpaired) electrons. The summed E-state index contributed by atoms with van der Waals surface area (Å²) >= 11 is 1.96. The molecular formula is C18H18N2S. The molecule has 3 aromatic rings. The smallest absolute Gasteiger partial charge is 0.0991 e. The van der Waals surface area contributed by atoms with Crippen LogP contribution in [0.3, 0.4) is 0 Å². The van der Waals surface area contributed by atoms with E-state index in [9.17, 15) is 0 Å². The maximum absolute atomic E-state index is 4.14. The Morgan fingerprint density at radius 3 is 2.57 bits per heavy atom. The van der Waals surface area contributed by atoms with Crippen molar-refractivity contribution in [3.8, 4) is 5.69 Å². The van der Waals surface area contributed by atoms with Crippen molar-refractivity contribution in [3.05, 3.63) is 84.4 Å². The molecule has 0 aliphatic carbocycles. The van der Waals surface area contributed by atoms with Gasteiger partial charge in [0.15, 0.2) is 0 Å². The van der Waals surface area contributed by atoms with Gasteiger partial charge in [0.1, 0.15) is 0 Å². The molecule has 1 heterocycles. The predicted molar refractivity (Wildman–Crippen MR) is 89.7 cm³/mol. The molecule has 0 bridgehead atoms. The third-order valence-electron chi connectivity index (χ3n) is 3.53. The normalized spacial score (nSPS) is 12.2. The number of para-hydroxylation sites is 1. The fraction of sp³-hybridized carbons (Fsp3) is 0.167. The van der Waals surface area contributed by atoms with Crippen molar-refractivity contribution < 1.29 is 0 Å². The molecule has 1 aromatic heterocycles. The number of imidazole rings is 1. The molecule has 1 atom stereocenters. The molecule has 0 spiro atoms. The summed E-state index contributed by atoms with van der Waals surface area (Å²) < 4.78 is 2.07. The fourth-order valence-corrected chi connectivity index (χ4v) is 3.34. The van der Waals surface area contributed by atoms with E-state index in [2.05, 4.69) is 71.1 Å². The second-order valence-electron chi connectivity index (χ2n) is 4.96. The molecule has 0 aliphatic heterocycles. The number of thioether (sulfide) groups is 1. The summed E-state index contributed by atoms with van der Waals surface area (Å²) in [5.41, 5.74) is 3.92. The minimum atomic E-state index is 0.488. The van der Waals surface area contributed by atoms with Crippen molar-refractivity contribution in [2.24, 2.45) is 0 Å². The van der Waals surface area contributed by atoms with E-state index in [1.165, 1.54) is 16.8 Å². The van der Waals surface area contributed by atoms with Gasteiger partial charge in [0.2, 0.25) is 0 Å². The Morgan fingerprint density at radius 2 is 1.81 bits per heavy atom. The van der Waals surface area contributed by atoms with Gasteiger partial charge in [-0.05, 0) is 24.1 Å². The van der Waals surface area contributed by atoms with Gasteiger partial charge in [-0.1, -0.05) is 48.5 Å². The summed E-state index contributed by atoms with van der Waals surface area (Å²) in [5.74, 6) is 0.990. The first-order valence-electron chi connectivity index (χ1n) is 7.07. The highest BCUT2D eigenvalue weighted by atomic mass is 32.2. The van der Waals surface area contributed by atoms with Crippen LogP contribution in [0.15, 0.2) is 73.3 Å². The lowest BCUT2D eigenvalue weighted by Gasteiger charge is -2.14. The molecule has 0 fully saturated rings. The lowest BCUT2D eigenvalue weighted by Crippen LogP contribution is -1.97. The average molecular weight is 294 g/mol. The Bertz CT molecular complexity index is 677. The SMILES string of the molecule is CC(SCc1ccccc1-n1ccnc1)c1ccccc1. The summed E-state index contributed by atoms with van der Waals surface area (Å²) in [5, 5.41) is 0.488. The van der Waals surface area contributed by atoms with E-state index in [1.54, 1.807) is 0 Å². The molecule has 2 aromatic carbocycles. The average Bonchev–Trinajstić information content (AvgIpc) is 3.08. The van der Waals surface area contributed by atoms with Crippen LogP contribution in [0.1, 0.15) is 23.3 Å². The summed E-state index contributed by atoms with van der Waals surface area (Å²) in [6.45, 7) is 2.26. The van der Waals surface area contributed by atoms with Gasteiger partial charge in [0, 0.05) is 23.4 Å². The summed E-state index contributed by atoms with van der Waals surface area (Å²) in [7, 11) is 0. The molecule has 3 rings (SSSR count). The van der Waals surface area contributed by atoms with Crippen molar-refractivity contribution in [2.75, 3.05) is 0 Å². The van der Waals surface area contributed by atoms with Crippen molar-refractivity contribution in [3.63, 3.8) is 0 Å². The highest BCUT2D eigenvalue weighted by Crippen LogP contribution is 2.32.